The van der Waals surface area contributed by atoms with Crippen LogP contribution in [0.5, 0.6) is 0 Å². The zero-order valence-electron chi connectivity index (χ0n) is 18.3. The lowest BCUT2D eigenvalue weighted by atomic mass is 9.86. The quantitative estimate of drug-likeness (QED) is 0.211. The highest BCUT2D eigenvalue weighted by molar-refractivity contribution is 6.26. The highest BCUT2D eigenvalue weighted by atomic mass is 16.5. The molecule has 33 heavy (non-hydrogen) atoms. The van der Waals surface area contributed by atoms with Gasteiger partial charge in [0.05, 0.1) is 12.2 Å². The van der Waals surface area contributed by atoms with Crippen LogP contribution in [-0.2, 0) is 4.74 Å². The zero-order valence-corrected chi connectivity index (χ0v) is 18.3. The average molecular weight is 427 g/mol. The molecule has 0 aliphatic heterocycles. The van der Waals surface area contributed by atoms with Crippen molar-refractivity contribution < 1.29 is 9.53 Å². The topological polar surface area (TPSA) is 26.3 Å². The molecule has 0 fully saturated rings. The Morgan fingerprint density at radius 1 is 0.606 bits per heavy atom. The van der Waals surface area contributed by atoms with Crippen LogP contribution in [0.4, 0.5) is 0 Å². The van der Waals surface area contributed by atoms with Crippen LogP contribution in [0.2, 0.25) is 0 Å². The number of hydrogen-bond donors (Lipinski definition) is 0. The van der Waals surface area contributed by atoms with Crippen molar-refractivity contribution in [2.45, 2.75) is 6.92 Å². The van der Waals surface area contributed by atoms with Gasteiger partial charge in [0.1, 0.15) is 0 Å². The van der Waals surface area contributed by atoms with Crippen molar-refractivity contribution in [1.29, 1.82) is 0 Å². The summed E-state index contributed by atoms with van der Waals surface area (Å²) in [6.07, 6.45) is 0. The molecule has 0 amide bonds. The van der Waals surface area contributed by atoms with E-state index >= 15 is 0 Å². The molecule has 2 heteroatoms. The summed E-state index contributed by atoms with van der Waals surface area (Å²) < 4.78 is 5.57. The number of carbonyl (C=O) groups excluding carboxylic acids is 1. The van der Waals surface area contributed by atoms with Crippen molar-refractivity contribution in [2.75, 3.05) is 6.61 Å². The third kappa shape index (κ3) is 3.15. The van der Waals surface area contributed by atoms with Gasteiger partial charge in [-0.15, -0.1) is 0 Å². The molecule has 0 aliphatic rings. The highest BCUT2D eigenvalue weighted by Gasteiger charge is 2.22. The van der Waals surface area contributed by atoms with Crippen LogP contribution in [0.1, 0.15) is 17.3 Å². The van der Waals surface area contributed by atoms with Crippen molar-refractivity contribution in [3.63, 3.8) is 0 Å². The Bertz CT molecular complexity index is 1580. The minimum Gasteiger partial charge on any atom is -0.462 e. The van der Waals surface area contributed by atoms with Gasteiger partial charge in [0, 0.05) is 0 Å². The number of carbonyl (C=O) groups is 1. The summed E-state index contributed by atoms with van der Waals surface area (Å²) >= 11 is 0. The Morgan fingerprint density at radius 2 is 1.03 bits per heavy atom. The molecule has 6 aromatic rings. The van der Waals surface area contributed by atoms with Crippen LogP contribution in [0, 0.1) is 0 Å². The fourth-order valence-corrected chi connectivity index (χ4v) is 4.94. The Balaban J connectivity index is 1.90. The van der Waals surface area contributed by atoms with Crippen LogP contribution < -0.4 is 0 Å². The first-order chi connectivity index (χ1) is 16.2. The minimum absolute atomic E-state index is 0.280. The molecule has 6 rings (SSSR count). The summed E-state index contributed by atoms with van der Waals surface area (Å²) in [5.41, 5.74) is 2.91. The summed E-state index contributed by atoms with van der Waals surface area (Å²) in [6, 6.07) is 35.7. The van der Waals surface area contributed by atoms with Crippen molar-refractivity contribution >= 4 is 49.1 Å². The third-order valence-corrected chi connectivity index (χ3v) is 6.39. The predicted molar refractivity (Wildman–Crippen MR) is 138 cm³/mol. The molecule has 6 aromatic carbocycles. The lowest BCUT2D eigenvalue weighted by Gasteiger charge is -2.18. The summed E-state index contributed by atoms with van der Waals surface area (Å²) in [4.78, 5) is 13.4. The first kappa shape index (κ1) is 19.5. The van der Waals surface area contributed by atoms with Gasteiger partial charge in [-0.2, -0.15) is 0 Å². The largest absolute Gasteiger partial charge is 0.462 e. The maximum Gasteiger partial charge on any atom is 0.339 e. The maximum absolute atomic E-state index is 13.4. The van der Waals surface area contributed by atoms with Crippen LogP contribution >= 0.6 is 0 Å². The molecule has 0 unspecified atom stereocenters. The van der Waals surface area contributed by atoms with E-state index in [1.165, 1.54) is 0 Å². The second-order valence-corrected chi connectivity index (χ2v) is 8.33. The molecule has 0 aromatic heterocycles. The highest BCUT2D eigenvalue weighted by Crippen LogP contribution is 2.42. The molecular formula is C31H22O2. The van der Waals surface area contributed by atoms with Gasteiger partial charge in [-0.05, 0) is 85.4 Å². The third-order valence-electron chi connectivity index (χ3n) is 6.39. The van der Waals surface area contributed by atoms with Gasteiger partial charge in [0.15, 0.2) is 0 Å². The molecule has 0 aliphatic carbocycles. The van der Waals surface area contributed by atoms with E-state index in [9.17, 15) is 4.79 Å². The monoisotopic (exact) mass is 426 g/mol. The second-order valence-electron chi connectivity index (χ2n) is 8.33. The first-order valence-corrected chi connectivity index (χ1v) is 11.3. The van der Waals surface area contributed by atoms with E-state index in [2.05, 4.69) is 84.9 Å². The van der Waals surface area contributed by atoms with Crippen molar-refractivity contribution in [1.82, 2.24) is 0 Å². The van der Waals surface area contributed by atoms with Crippen LogP contribution in [0.3, 0.4) is 0 Å². The van der Waals surface area contributed by atoms with Gasteiger partial charge in [0.2, 0.25) is 0 Å². The Kier molecular flexibility index (Phi) is 4.58. The number of hydrogen-bond acceptors (Lipinski definition) is 2. The van der Waals surface area contributed by atoms with Crippen LogP contribution in [0.25, 0.3) is 54.2 Å². The fraction of sp³-hybridized carbons (Fsp3) is 0.0645. The van der Waals surface area contributed by atoms with Gasteiger partial charge >= 0.3 is 5.97 Å². The standard InChI is InChI=1S/C31H22O2/c1-2-33-31(32)30-27-18-23-14-8-6-12-21(23)16-25(27)29(20-10-4-3-5-11-20)26-17-22-13-7-9-15-24(22)19-28(26)30/h3-19H,2H2,1H3. The number of fused-ring (bicyclic) bond motifs is 4. The number of ether oxygens (including phenoxy) is 1. The van der Waals surface area contributed by atoms with E-state index in [0.29, 0.717) is 12.2 Å². The fourth-order valence-electron chi connectivity index (χ4n) is 4.94. The Labute approximate surface area is 192 Å². The van der Waals surface area contributed by atoms with E-state index in [4.69, 9.17) is 4.74 Å². The van der Waals surface area contributed by atoms with Gasteiger partial charge in [-0.3, -0.25) is 0 Å². The summed E-state index contributed by atoms with van der Waals surface area (Å²) in [5, 5.41) is 8.48. The van der Waals surface area contributed by atoms with Crippen molar-refractivity contribution in [2.24, 2.45) is 0 Å². The van der Waals surface area contributed by atoms with Gasteiger partial charge in [-0.1, -0.05) is 78.9 Å². The molecule has 0 bridgehead atoms. The molecule has 0 spiro atoms. The Hall–Kier alpha value is -4.17. The van der Waals surface area contributed by atoms with Crippen molar-refractivity contribution in [3.05, 3.63) is 109 Å². The normalized spacial score (nSPS) is 11.4. The molecular weight excluding hydrogens is 404 g/mol. The smallest absolute Gasteiger partial charge is 0.339 e. The lowest BCUT2D eigenvalue weighted by Crippen LogP contribution is -2.07. The van der Waals surface area contributed by atoms with E-state index in [1.807, 2.05) is 25.1 Å². The minimum atomic E-state index is -0.280. The van der Waals surface area contributed by atoms with Gasteiger partial charge in [0.25, 0.3) is 0 Å². The number of esters is 1. The molecule has 0 N–H and O–H groups in total. The Morgan fingerprint density at radius 3 is 1.48 bits per heavy atom. The van der Waals surface area contributed by atoms with Crippen LogP contribution in [0.15, 0.2) is 103 Å². The van der Waals surface area contributed by atoms with Crippen molar-refractivity contribution in [3.8, 4) is 11.1 Å². The summed E-state index contributed by atoms with van der Waals surface area (Å²) in [5.74, 6) is -0.280. The maximum atomic E-state index is 13.4. The molecule has 0 atom stereocenters. The van der Waals surface area contributed by atoms with Gasteiger partial charge < -0.3 is 4.74 Å². The van der Waals surface area contributed by atoms with E-state index in [1.54, 1.807) is 0 Å². The van der Waals surface area contributed by atoms with E-state index < -0.39 is 0 Å². The molecule has 158 valence electrons. The summed E-state index contributed by atoms with van der Waals surface area (Å²) in [6.45, 7) is 2.19. The number of rotatable bonds is 3. The number of benzene rings is 6. The second kappa shape index (κ2) is 7.75. The molecule has 0 saturated heterocycles. The molecule has 0 radical (unpaired) electrons. The molecule has 0 heterocycles. The van der Waals surface area contributed by atoms with Crippen LogP contribution in [-0.4, -0.2) is 12.6 Å². The first-order valence-electron chi connectivity index (χ1n) is 11.3. The van der Waals surface area contributed by atoms with E-state index in [-0.39, 0.29) is 5.97 Å². The SMILES string of the molecule is CCOC(=O)c1c2cc3ccccc3cc2c(-c2ccccc2)c2cc3ccccc3cc12. The van der Waals surface area contributed by atoms with E-state index in [0.717, 1.165) is 54.2 Å². The zero-order chi connectivity index (χ0) is 22.4. The predicted octanol–water partition coefficient (Wildman–Crippen LogP) is 8.14. The van der Waals surface area contributed by atoms with Gasteiger partial charge in [-0.25, -0.2) is 4.79 Å². The summed E-state index contributed by atoms with van der Waals surface area (Å²) in [7, 11) is 0. The lowest BCUT2D eigenvalue weighted by molar-refractivity contribution is 0.0531. The average Bonchev–Trinajstić information content (AvgIpc) is 2.85. The molecule has 0 saturated carbocycles. The molecule has 2 nitrogen and oxygen atoms in total.